The maximum absolute atomic E-state index is 12.3. The molecule has 1 aliphatic rings. The van der Waals surface area contributed by atoms with Crippen molar-refractivity contribution >= 4 is 17.5 Å². The minimum Gasteiger partial charge on any atom is -0.481 e. The van der Waals surface area contributed by atoms with Gasteiger partial charge in [-0.05, 0) is 26.3 Å². The Bertz CT molecular complexity index is 655. The fourth-order valence-electron chi connectivity index (χ4n) is 2.47. The largest absolute Gasteiger partial charge is 0.481 e. The number of allylic oxidation sites excluding steroid dienone is 2. The van der Waals surface area contributed by atoms with Crippen molar-refractivity contribution in [2.24, 2.45) is 5.41 Å². The second-order valence-corrected chi connectivity index (χ2v) is 5.85. The van der Waals surface area contributed by atoms with Crippen LogP contribution in [0, 0.1) is 5.41 Å². The molecule has 0 unspecified atom stereocenters. The number of ketones is 2. The number of carboxylic acids is 1. The number of aliphatic carboxylic acids is 1. The first-order valence-electron chi connectivity index (χ1n) is 6.99. The molecule has 0 fully saturated rings. The van der Waals surface area contributed by atoms with Gasteiger partial charge in [0.15, 0.2) is 11.5 Å². The van der Waals surface area contributed by atoms with E-state index in [4.69, 9.17) is 9.84 Å². The molecule has 116 valence electrons. The summed E-state index contributed by atoms with van der Waals surface area (Å²) in [6.45, 7) is 4.63. The number of ether oxygens (including phenoxy) is 1. The third kappa shape index (κ3) is 2.79. The van der Waals surface area contributed by atoms with E-state index >= 15 is 0 Å². The first-order valence-corrected chi connectivity index (χ1v) is 6.99. The predicted molar refractivity (Wildman–Crippen MR) is 79.0 cm³/mol. The lowest BCUT2D eigenvalue weighted by molar-refractivity contribution is -0.141. The third-order valence-electron chi connectivity index (χ3n) is 3.81. The second kappa shape index (κ2) is 5.75. The summed E-state index contributed by atoms with van der Waals surface area (Å²) in [6, 6.07) is 8.80. The van der Waals surface area contributed by atoms with Crippen LogP contribution in [-0.2, 0) is 19.1 Å². The van der Waals surface area contributed by atoms with Crippen molar-refractivity contribution in [3.63, 3.8) is 0 Å². The molecule has 0 aliphatic heterocycles. The van der Waals surface area contributed by atoms with Gasteiger partial charge in [-0.1, -0.05) is 30.3 Å². The summed E-state index contributed by atoms with van der Waals surface area (Å²) in [6.07, 6.45) is -1.10. The van der Waals surface area contributed by atoms with Crippen molar-refractivity contribution in [3.05, 3.63) is 47.2 Å². The zero-order valence-corrected chi connectivity index (χ0v) is 12.8. The Morgan fingerprint density at radius 3 is 2.23 bits per heavy atom. The monoisotopic (exact) mass is 302 g/mol. The molecule has 0 spiro atoms. The summed E-state index contributed by atoms with van der Waals surface area (Å²) in [7, 11) is 0. The van der Waals surface area contributed by atoms with Gasteiger partial charge in [0.05, 0.1) is 11.8 Å². The lowest BCUT2D eigenvalue weighted by Gasteiger charge is -2.20. The molecule has 0 heterocycles. The van der Waals surface area contributed by atoms with Crippen LogP contribution in [0.3, 0.4) is 0 Å². The van der Waals surface area contributed by atoms with Crippen LogP contribution >= 0.6 is 0 Å². The van der Waals surface area contributed by atoms with E-state index < -0.39 is 23.3 Å². The van der Waals surface area contributed by atoms with E-state index in [-0.39, 0.29) is 23.5 Å². The SMILES string of the molecule is CC1=C(O[C@H](CC(=O)O)c2ccccc2)C(=O)C(C)(C)C1=O. The molecule has 2 rings (SSSR count). The highest BCUT2D eigenvalue weighted by molar-refractivity contribution is 6.26. The molecule has 1 aliphatic carbocycles. The Kier molecular flexibility index (Phi) is 4.17. The van der Waals surface area contributed by atoms with Crippen LogP contribution < -0.4 is 0 Å². The van der Waals surface area contributed by atoms with E-state index in [9.17, 15) is 14.4 Å². The van der Waals surface area contributed by atoms with Gasteiger partial charge in [0.2, 0.25) is 5.78 Å². The summed E-state index contributed by atoms with van der Waals surface area (Å²) < 4.78 is 5.67. The van der Waals surface area contributed by atoms with Crippen molar-refractivity contribution in [2.75, 3.05) is 0 Å². The number of hydrogen-bond donors (Lipinski definition) is 1. The van der Waals surface area contributed by atoms with E-state index in [0.717, 1.165) is 0 Å². The quantitative estimate of drug-likeness (QED) is 0.846. The van der Waals surface area contributed by atoms with Gasteiger partial charge in [-0.15, -0.1) is 0 Å². The Balaban J connectivity index is 2.34. The smallest absolute Gasteiger partial charge is 0.307 e. The molecule has 1 atom stereocenters. The number of rotatable bonds is 5. The van der Waals surface area contributed by atoms with E-state index in [1.165, 1.54) is 6.92 Å². The lowest BCUT2D eigenvalue weighted by Crippen LogP contribution is -2.28. The number of hydrogen-bond acceptors (Lipinski definition) is 4. The fourth-order valence-corrected chi connectivity index (χ4v) is 2.47. The van der Waals surface area contributed by atoms with Crippen molar-refractivity contribution < 1.29 is 24.2 Å². The van der Waals surface area contributed by atoms with Gasteiger partial charge in [0.1, 0.15) is 6.10 Å². The van der Waals surface area contributed by atoms with Gasteiger partial charge in [-0.3, -0.25) is 14.4 Å². The summed E-state index contributed by atoms with van der Waals surface area (Å²) in [5.74, 6) is -1.75. The summed E-state index contributed by atoms with van der Waals surface area (Å²) in [5, 5.41) is 9.06. The first kappa shape index (κ1) is 15.9. The molecule has 1 aromatic carbocycles. The Labute approximate surface area is 128 Å². The van der Waals surface area contributed by atoms with Crippen molar-refractivity contribution in [1.82, 2.24) is 0 Å². The molecular weight excluding hydrogens is 284 g/mol. The zero-order chi connectivity index (χ0) is 16.5. The lowest BCUT2D eigenvalue weighted by atomic mass is 9.87. The highest BCUT2D eigenvalue weighted by atomic mass is 16.5. The van der Waals surface area contributed by atoms with Gasteiger partial charge in [0.25, 0.3) is 0 Å². The van der Waals surface area contributed by atoms with Crippen molar-refractivity contribution in [3.8, 4) is 0 Å². The van der Waals surface area contributed by atoms with E-state index in [0.29, 0.717) is 5.56 Å². The molecular formula is C17H18O5. The maximum atomic E-state index is 12.3. The number of carbonyl (C=O) groups is 3. The standard InChI is InChI=1S/C17H18O5/c1-10-14(16(21)17(2,3)15(10)20)22-12(9-13(18)19)11-7-5-4-6-8-11/h4-8,12H,9H2,1-3H3,(H,18,19)/t12-/m1/s1. The minimum absolute atomic E-state index is 0.0231. The van der Waals surface area contributed by atoms with Gasteiger partial charge in [-0.2, -0.15) is 0 Å². The highest BCUT2D eigenvalue weighted by Crippen LogP contribution is 2.38. The summed E-state index contributed by atoms with van der Waals surface area (Å²) >= 11 is 0. The van der Waals surface area contributed by atoms with Crippen LogP contribution in [0.4, 0.5) is 0 Å². The number of benzene rings is 1. The normalized spacial score (nSPS) is 18.5. The Morgan fingerprint density at radius 1 is 1.18 bits per heavy atom. The topological polar surface area (TPSA) is 80.7 Å². The van der Waals surface area contributed by atoms with Crippen LogP contribution in [0.2, 0.25) is 0 Å². The molecule has 5 heteroatoms. The van der Waals surface area contributed by atoms with Crippen molar-refractivity contribution in [2.45, 2.75) is 33.3 Å². The van der Waals surface area contributed by atoms with E-state index in [1.807, 2.05) is 0 Å². The van der Waals surface area contributed by atoms with Gasteiger partial charge < -0.3 is 9.84 Å². The van der Waals surface area contributed by atoms with Crippen molar-refractivity contribution in [1.29, 1.82) is 0 Å². The average Bonchev–Trinajstić information content (AvgIpc) is 2.62. The van der Waals surface area contributed by atoms with Gasteiger partial charge in [0, 0.05) is 5.57 Å². The molecule has 5 nitrogen and oxygen atoms in total. The highest BCUT2D eigenvalue weighted by Gasteiger charge is 2.47. The minimum atomic E-state index is -1.15. The Hall–Kier alpha value is -2.43. The second-order valence-electron chi connectivity index (χ2n) is 5.85. The maximum Gasteiger partial charge on any atom is 0.307 e. The molecule has 1 N–H and O–H groups in total. The summed E-state index contributed by atoms with van der Waals surface area (Å²) in [4.78, 5) is 35.5. The molecule has 1 aromatic rings. The van der Waals surface area contributed by atoms with E-state index in [1.54, 1.807) is 44.2 Å². The molecule has 0 amide bonds. The van der Waals surface area contributed by atoms with Gasteiger partial charge >= 0.3 is 5.97 Å². The molecule has 0 saturated heterocycles. The number of Topliss-reactive ketones (excluding diaryl/α,β-unsaturated/α-hetero) is 2. The first-order chi connectivity index (χ1) is 10.2. The zero-order valence-electron chi connectivity index (χ0n) is 12.8. The molecule has 0 saturated carbocycles. The average molecular weight is 302 g/mol. The molecule has 0 bridgehead atoms. The summed E-state index contributed by atoms with van der Waals surface area (Å²) in [5.41, 5.74) is -0.249. The molecule has 0 aromatic heterocycles. The Morgan fingerprint density at radius 2 is 1.77 bits per heavy atom. The molecule has 22 heavy (non-hydrogen) atoms. The fraction of sp³-hybridized carbons (Fsp3) is 0.353. The van der Waals surface area contributed by atoms with Crippen LogP contribution in [0.25, 0.3) is 0 Å². The van der Waals surface area contributed by atoms with Crippen LogP contribution in [0.1, 0.15) is 38.9 Å². The van der Waals surface area contributed by atoms with Crippen LogP contribution in [0.15, 0.2) is 41.7 Å². The molecule has 0 radical (unpaired) electrons. The van der Waals surface area contributed by atoms with Gasteiger partial charge in [-0.25, -0.2) is 0 Å². The number of carbonyl (C=O) groups excluding carboxylic acids is 2. The van der Waals surface area contributed by atoms with E-state index in [2.05, 4.69) is 0 Å². The number of carboxylic acid groups (broad SMARTS) is 1. The van der Waals surface area contributed by atoms with Crippen LogP contribution in [0.5, 0.6) is 0 Å². The third-order valence-corrected chi connectivity index (χ3v) is 3.81. The van der Waals surface area contributed by atoms with Crippen LogP contribution in [-0.4, -0.2) is 22.6 Å². The predicted octanol–water partition coefficient (Wildman–Crippen LogP) is 2.67.